The lowest BCUT2D eigenvalue weighted by Crippen LogP contribution is -2.43. The van der Waals surface area contributed by atoms with Crippen LogP contribution in [-0.4, -0.2) is 55.7 Å². The Morgan fingerprint density at radius 3 is 2.75 bits per heavy atom. The van der Waals surface area contributed by atoms with Crippen LogP contribution in [-0.2, 0) is 4.74 Å². The molecule has 1 atom stereocenters. The van der Waals surface area contributed by atoms with Crippen molar-refractivity contribution in [2.24, 2.45) is 0 Å². The van der Waals surface area contributed by atoms with Gasteiger partial charge in [-0.15, -0.1) is 0 Å². The molecule has 1 aliphatic rings. The molecule has 3 rings (SSSR count). The molecule has 0 unspecified atom stereocenters. The first-order chi connectivity index (χ1) is 11.8. The van der Waals surface area contributed by atoms with Gasteiger partial charge in [0.1, 0.15) is 4.88 Å². The summed E-state index contributed by atoms with van der Waals surface area (Å²) in [5.74, 6) is -0.0804. The van der Waals surface area contributed by atoms with Crippen molar-refractivity contribution in [1.29, 1.82) is 0 Å². The number of amides is 1. The highest BCUT2D eigenvalue weighted by atomic mass is 32.1. The molecule has 1 aromatic heterocycles. The number of nitrogens with one attached hydrogen (secondary N) is 2. The summed E-state index contributed by atoms with van der Waals surface area (Å²) >= 11 is 1.36. The number of carbonyl (C=O) groups is 1. The Labute approximate surface area is 145 Å². The van der Waals surface area contributed by atoms with Gasteiger partial charge in [-0.1, -0.05) is 41.7 Å². The number of carbonyl (C=O) groups excluding carboxylic acids is 1. The molecular formula is C17H22N4O2S. The highest BCUT2D eigenvalue weighted by molar-refractivity contribution is 7.17. The minimum absolute atomic E-state index is 0.0804. The Morgan fingerprint density at radius 2 is 2.08 bits per heavy atom. The predicted octanol–water partition coefficient (Wildman–Crippen LogP) is 1.99. The number of hydrogen-bond acceptors (Lipinski definition) is 6. The van der Waals surface area contributed by atoms with E-state index in [9.17, 15) is 4.79 Å². The van der Waals surface area contributed by atoms with Gasteiger partial charge in [0.15, 0.2) is 5.13 Å². The molecule has 1 saturated heterocycles. The van der Waals surface area contributed by atoms with Crippen molar-refractivity contribution in [3.05, 3.63) is 47.0 Å². The van der Waals surface area contributed by atoms with Crippen LogP contribution in [0.25, 0.3) is 0 Å². The van der Waals surface area contributed by atoms with E-state index in [1.54, 1.807) is 13.2 Å². The molecule has 128 valence electrons. The van der Waals surface area contributed by atoms with E-state index < -0.39 is 0 Å². The van der Waals surface area contributed by atoms with Crippen molar-refractivity contribution >= 4 is 22.4 Å². The van der Waals surface area contributed by atoms with E-state index in [2.05, 4.69) is 32.7 Å². The molecule has 6 nitrogen and oxygen atoms in total. The lowest BCUT2D eigenvalue weighted by atomic mass is 10.0. The average Bonchev–Trinajstić information content (AvgIpc) is 3.13. The molecule has 0 spiro atoms. The SMILES string of the molecule is CNc1ncc(C(=O)NC[C@H](c2ccccc2)N2CCOCC2)s1. The lowest BCUT2D eigenvalue weighted by Gasteiger charge is -2.34. The molecule has 2 heterocycles. The third-order valence-corrected chi connectivity index (χ3v) is 5.08. The van der Waals surface area contributed by atoms with E-state index in [0.717, 1.165) is 31.4 Å². The van der Waals surface area contributed by atoms with Gasteiger partial charge in [0, 0.05) is 26.7 Å². The fourth-order valence-electron chi connectivity index (χ4n) is 2.79. The Bertz CT molecular complexity index is 656. The van der Waals surface area contributed by atoms with Gasteiger partial charge in [0.2, 0.25) is 0 Å². The fourth-order valence-corrected chi connectivity index (χ4v) is 3.48. The molecule has 1 aromatic carbocycles. The second kappa shape index (κ2) is 8.23. The minimum Gasteiger partial charge on any atom is -0.379 e. The van der Waals surface area contributed by atoms with Crippen LogP contribution in [0, 0.1) is 0 Å². The zero-order chi connectivity index (χ0) is 16.8. The maximum atomic E-state index is 12.4. The normalized spacial score (nSPS) is 16.5. The molecule has 7 heteroatoms. The smallest absolute Gasteiger partial charge is 0.263 e. The molecule has 0 radical (unpaired) electrons. The number of rotatable bonds is 6. The zero-order valence-electron chi connectivity index (χ0n) is 13.7. The molecule has 2 N–H and O–H groups in total. The summed E-state index contributed by atoms with van der Waals surface area (Å²) in [6.45, 7) is 3.78. The van der Waals surface area contributed by atoms with Crippen molar-refractivity contribution < 1.29 is 9.53 Å². The van der Waals surface area contributed by atoms with Crippen LogP contribution >= 0.6 is 11.3 Å². The van der Waals surface area contributed by atoms with E-state index in [-0.39, 0.29) is 11.9 Å². The highest BCUT2D eigenvalue weighted by Gasteiger charge is 2.23. The molecule has 0 bridgehead atoms. The maximum Gasteiger partial charge on any atom is 0.263 e. The standard InChI is InChI=1S/C17H22N4O2S/c1-18-17-20-12-15(24-17)16(22)19-11-14(13-5-3-2-4-6-13)21-7-9-23-10-8-21/h2-6,12,14H,7-11H2,1H3,(H,18,20)(H,19,22)/t14-/m1/s1. The van der Waals surface area contributed by atoms with Gasteiger partial charge in [-0.2, -0.15) is 0 Å². The highest BCUT2D eigenvalue weighted by Crippen LogP contribution is 2.22. The quantitative estimate of drug-likeness (QED) is 0.837. The van der Waals surface area contributed by atoms with Gasteiger partial charge in [0.05, 0.1) is 25.5 Å². The van der Waals surface area contributed by atoms with Gasteiger partial charge >= 0.3 is 0 Å². The van der Waals surface area contributed by atoms with Crippen molar-refractivity contribution in [3.8, 4) is 0 Å². The number of morpholine rings is 1. The van der Waals surface area contributed by atoms with Gasteiger partial charge in [-0.25, -0.2) is 4.98 Å². The van der Waals surface area contributed by atoms with Gasteiger partial charge in [-0.05, 0) is 5.56 Å². The maximum absolute atomic E-state index is 12.4. The molecular weight excluding hydrogens is 324 g/mol. The van der Waals surface area contributed by atoms with Crippen molar-refractivity contribution in [2.45, 2.75) is 6.04 Å². The number of nitrogens with zero attached hydrogens (tertiary/aromatic N) is 2. The number of aromatic nitrogens is 1. The molecule has 1 fully saturated rings. The number of anilines is 1. The number of thiazole rings is 1. The Hall–Kier alpha value is -1.96. The second-order valence-corrected chi connectivity index (χ2v) is 6.60. The summed E-state index contributed by atoms with van der Waals surface area (Å²) in [6.07, 6.45) is 1.61. The third kappa shape index (κ3) is 4.11. The zero-order valence-corrected chi connectivity index (χ0v) is 14.5. The lowest BCUT2D eigenvalue weighted by molar-refractivity contribution is 0.0162. The molecule has 1 aliphatic heterocycles. The van der Waals surface area contributed by atoms with Crippen LogP contribution in [0.2, 0.25) is 0 Å². The molecule has 0 aliphatic carbocycles. The topological polar surface area (TPSA) is 66.5 Å². The molecule has 2 aromatic rings. The van der Waals surface area contributed by atoms with Crippen LogP contribution in [0.5, 0.6) is 0 Å². The van der Waals surface area contributed by atoms with Crippen LogP contribution in [0.15, 0.2) is 36.5 Å². The van der Waals surface area contributed by atoms with E-state index in [1.807, 2.05) is 18.2 Å². The van der Waals surface area contributed by atoms with Crippen molar-refractivity contribution in [2.75, 3.05) is 45.2 Å². The second-order valence-electron chi connectivity index (χ2n) is 5.56. The van der Waals surface area contributed by atoms with Gasteiger partial charge in [-0.3, -0.25) is 9.69 Å². The van der Waals surface area contributed by atoms with Crippen molar-refractivity contribution in [1.82, 2.24) is 15.2 Å². The summed E-state index contributed by atoms with van der Waals surface area (Å²) in [5.41, 5.74) is 1.21. The van der Waals surface area contributed by atoms with E-state index in [4.69, 9.17) is 4.74 Å². The Kier molecular flexibility index (Phi) is 5.79. The Morgan fingerprint density at radius 1 is 1.33 bits per heavy atom. The predicted molar refractivity (Wildman–Crippen MR) is 95.6 cm³/mol. The van der Waals surface area contributed by atoms with Crippen LogP contribution in [0.1, 0.15) is 21.3 Å². The average molecular weight is 346 g/mol. The molecule has 0 saturated carbocycles. The third-order valence-electron chi connectivity index (χ3n) is 4.07. The molecule has 24 heavy (non-hydrogen) atoms. The van der Waals surface area contributed by atoms with Crippen molar-refractivity contribution in [3.63, 3.8) is 0 Å². The van der Waals surface area contributed by atoms with Gasteiger partial charge < -0.3 is 15.4 Å². The largest absolute Gasteiger partial charge is 0.379 e. The van der Waals surface area contributed by atoms with E-state index in [1.165, 1.54) is 16.9 Å². The van der Waals surface area contributed by atoms with Crippen LogP contribution < -0.4 is 10.6 Å². The first kappa shape index (κ1) is 16.9. The monoisotopic (exact) mass is 346 g/mol. The number of benzene rings is 1. The van der Waals surface area contributed by atoms with Crippen LogP contribution in [0.4, 0.5) is 5.13 Å². The summed E-state index contributed by atoms with van der Waals surface area (Å²) in [5, 5.41) is 6.75. The Balaban J connectivity index is 1.68. The van der Waals surface area contributed by atoms with E-state index >= 15 is 0 Å². The summed E-state index contributed by atoms with van der Waals surface area (Å²) in [6, 6.07) is 10.4. The number of hydrogen-bond donors (Lipinski definition) is 2. The fraction of sp³-hybridized carbons (Fsp3) is 0.412. The number of ether oxygens (including phenoxy) is 1. The minimum atomic E-state index is -0.0804. The first-order valence-corrected chi connectivity index (χ1v) is 8.88. The summed E-state index contributed by atoms with van der Waals surface area (Å²) in [4.78, 5) is 19.5. The van der Waals surface area contributed by atoms with E-state index in [0.29, 0.717) is 11.4 Å². The first-order valence-electron chi connectivity index (χ1n) is 8.06. The summed E-state index contributed by atoms with van der Waals surface area (Å²) in [7, 11) is 1.80. The summed E-state index contributed by atoms with van der Waals surface area (Å²) < 4.78 is 5.45. The van der Waals surface area contributed by atoms with Gasteiger partial charge in [0.25, 0.3) is 5.91 Å². The molecule has 1 amide bonds. The van der Waals surface area contributed by atoms with Crippen LogP contribution in [0.3, 0.4) is 0 Å².